The zero-order valence-corrected chi connectivity index (χ0v) is 16.5. The van der Waals surface area contributed by atoms with Gasteiger partial charge in [0.15, 0.2) is 11.5 Å². The summed E-state index contributed by atoms with van der Waals surface area (Å²) in [4.78, 5) is 26.4. The summed E-state index contributed by atoms with van der Waals surface area (Å²) in [5, 5.41) is 3.88. The van der Waals surface area contributed by atoms with Crippen LogP contribution in [0.15, 0.2) is 57.5 Å². The Labute approximate surface area is 172 Å². The molecule has 30 heavy (non-hydrogen) atoms. The molecule has 1 atom stereocenters. The Bertz CT molecular complexity index is 1010. The zero-order valence-electron chi connectivity index (χ0n) is 16.5. The van der Waals surface area contributed by atoms with E-state index in [1.165, 1.54) is 6.07 Å². The molecule has 9 nitrogen and oxygen atoms in total. The van der Waals surface area contributed by atoms with Crippen LogP contribution in [0.1, 0.15) is 46.7 Å². The third kappa shape index (κ3) is 4.45. The predicted octanol–water partition coefficient (Wildman–Crippen LogP) is 3.35. The quantitative estimate of drug-likeness (QED) is 0.624. The van der Waals surface area contributed by atoms with Crippen molar-refractivity contribution in [2.75, 3.05) is 6.54 Å². The average molecular weight is 410 g/mol. The maximum Gasteiger partial charge on any atom is 0.336 e. The number of aromatic nitrogens is 1. The van der Waals surface area contributed by atoms with Gasteiger partial charge in [-0.25, -0.2) is 10.2 Å². The van der Waals surface area contributed by atoms with Crippen LogP contribution in [0.25, 0.3) is 0 Å². The fourth-order valence-corrected chi connectivity index (χ4v) is 3.34. The van der Waals surface area contributed by atoms with Gasteiger partial charge in [-0.15, -0.1) is 0 Å². The molecule has 3 amide bonds. The number of aryl methyl sites for hydroxylation is 1. The number of ether oxygens (including phenoxy) is 1. The molecule has 3 aromatic rings. The second kappa shape index (κ2) is 8.73. The Hall–Kier alpha value is -3.75. The van der Waals surface area contributed by atoms with Crippen LogP contribution < -0.4 is 15.6 Å². The molecule has 0 saturated carbocycles. The molecule has 3 heterocycles. The van der Waals surface area contributed by atoms with Crippen LogP contribution in [-0.4, -0.2) is 28.5 Å². The van der Waals surface area contributed by atoms with Gasteiger partial charge in [-0.3, -0.25) is 10.2 Å². The number of urea groups is 1. The van der Waals surface area contributed by atoms with Crippen LogP contribution in [0.2, 0.25) is 0 Å². The van der Waals surface area contributed by atoms with E-state index in [1.807, 2.05) is 43.3 Å². The summed E-state index contributed by atoms with van der Waals surface area (Å²) in [5.74, 6) is 1.36. The summed E-state index contributed by atoms with van der Waals surface area (Å²) < 4.78 is 16.4. The van der Waals surface area contributed by atoms with E-state index in [1.54, 1.807) is 11.0 Å². The third-order valence-electron chi connectivity index (χ3n) is 4.78. The number of hydrogen-bond donors (Lipinski definition) is 2. The molecule has 4 rings (SSSR count). The minimum atomic E-state index is -0.555. The van der Waals surface area contributed by atoms with Crippen LogP contribution in [0, 0.1) is 6.92 Å². The van der Waals surface area contributed by atoms with E-state index in [0.29, 0.717) is 23.8 Å². The number of furan rings is 1. The van der Waals surface area contributed by atoms with Crippen molar-refractivity contribution in [3.8, 4) is 5.75 Å². The molecule has 1 unspecified atom stereocenters. The number of likely N-dealkylation sites (tertiary alicyclic amines) is 1. The first-order chi connectivity index (χ1) is 14.6. The molecule has 1 fully saturated rings. The van der Waals surface area contributed by atoms with E-state index >= 15 is 0 Å². The maximum absolute atomic E-state index is 12.5. The van der Waals surface area contributed by atoms with Crippen molar-refractivity contribution in [1.29, 1.82) is 0 Å². The summed E-state index contributed by atoms with van der Waals surface area (Å²) in [5.41, 5.74) is 5.57. The van der Waals surface area contributed by atoms with Gasteiger partial charge in [0, 0.05) is 12.6 Å². The maximum atomic E-state index is 12.5. The summed E-state index contributed by atoms with van der Waals surface area (Å²) in [6.45, 7) is 2.58. The Morgan fingerprint density at radius 1 is 1.20 bits per heavy atom. The van der Waals surface area contributed by atoms with Crippen molar-refractivity contribution in [2.45, 2.75) is 32.4 Å². The summed E-state index contributed by atoms with van der Waals surface area (Å²) >= 11 is 0. The average Bonchev–Trinajstić information content (AvgIpc) is 3.51. The predicted molar refractivity (Wildman–Crippen MR) is 105 cm³/mol. The van der Waals surface area contributed by atoms with Crippen LogP contribution in [0.3, 0.4) is 0 Å². The second-order valence-corrected chi connectivity index (χ2v) is 6.97. The Kier molecular flexibility index (Phi) is 5.69. The number of nitrogens with zero attached hydrogens (tertiary/aromatic N) is 2. The molecule has 156 valence electrons. The minimum absolute atomic E-state index is 0.0748. The number of amides is 3. The Morgan fingerprint density at radius 3 is 2.80 bits per heavy atom. The van der Waals surface area contributed by atoms with E-state index in [0.717, 1.165) is 18.5 Å². The summed E-state index contributed by atoms with van der Waals surface area (Å²) in [7, 11) is 0. The largest absolute Gasteiger partial charge is 0.486 e. The van der Waals surface area contributed by atoms with Gasteiger partial charge in [-0.05, 0) is 44.0 Å². The van der Waals surface area contributed by atoms with Gasteiger partial charge in [-0.2, -0.15) is 0 Å². The monoisotopic (exact) mass is 410 g/mol. The lowest BCUT2D eigenvalue weighted by Crippen LogP contribution is -2.48. The highest BCUT2D eigenvalue weighted by molar-refractivity contribution is 5.92. The molecule has 1 aliphatic rings. The number of hydrazine groups is 1. The molecule has 2 aromatic heterocycles. The van der Waals surface area contributed by atoms with E-state index in [9.17, 15) is 9.59 Å². The fraction of sp³-hybridized carbons (Fsp3) is 0.286. The standard InChI is InChI=1S/C21H22N4O5/c1-14-12-19(30-24-14)17-8-5-11-25(17)21(27)23-22-20(26)18-10-9-16(29-18)13-28-15-6-3-2-4-7-15/h2-4,6-7,9-10,12,17H,5,8,11,13H2,1H3,(H,22,26)(H,23,27). The molecule has 1 aliphatic heterocycles. The first-order valence-electron chi connectivity index (χ1n) is 9.67. The van der Waals surface area contributed by atoms with E-state index in [-0.39, 0.29) is 18.4 Å². The number of benzene rings is 1. The van der Waals surface area contributed by atoms with Gasteiger partial charge < -0.3 is 18.6 Å². The summed E-state index contributed by atoms with van der Waals surface area (Å²) in [6, 6.07) is 13.7. The number of carbonyl (C=O) groups is 2. The topological polar surface area (TPSA) is 110 Å². The smallest absolute Gasteiger partial charge is 0.336 e. The van der Waals surface area contributed by atoms with Gasteiger partial charge in [0.05, 0.1) is 11.7 Å². The van der Waals surface area contributed by atoms with Crippen LogP contribution in [0.4, 0.5) is 4.79 Å². The van der Waals surface area contributed by atoms with Gasteiger partial charge in [0.25, 0.3) is 0 Å². The van der Waals surface area contributed by atoms with Gasteiger partial charge in [-0.1, -0.05) is 23.4 Å². The Morgan fingerprint density at radius 2 is 2.03 bits per heavy atom. The number of nitrogens with one attached hydrogen (secondary N) is 2. The van der Waals surface area contributed by atoms with Crippen LogP contribution in [-0.2, 0) is 6.61 Å². The highest BCUT2D eigenvalue weighted by atomic mass is 16.5. The lowest BCUT2D eigenvalue weighted by molar-refractivity contribution is 0.0896. The number of para-hydroxylation sites is 1. The van der Waals surface area contributed by atoms with E-state index in [4.69, 9.17) is 13.7 Å². The molecule has 0 spiro atoms. The first kappa shape index (κ1) is 19.6. The normalized spacial score (nSPS) is 15.8. The minimum Gasteiger partial charge on any atom is -0.486 e. The lowest BCUT2D eigenvalue weighted by Gasteiger charge is -2.22. The SMILES string of the molecule is Cc1cc(C2CCCN2C(=O)NNC(=O)c2ccc(COc3ccccc3)o2)on1. The fourth-order valence-electron chi connectivity index (χ4n) is 3.34. The molecule has 1 aromatic carbocycles. The molecular weight excluding hydrogens is 388 g/mol. The van der Waals surface area contributed by atoms with Gasteiger partial charge >= 0.3 is 11.9 Å². The Balaban J connectivity index is 1.29. The van der Waals surface area contributed by atoms with Crippen molar-refractivity contribution in [1.82, 2.24) is 20.9 Å². The lowest BCUT2D eigenvalue weighted by atomic mass is 10.1. The second-order valence-electron chi connectivity index (χ2n) is 6.97. The van der Waals surface area contributed by atoms with Gasteiger partial charge in [0.2, 0.25) is 0 Å². The summed E-state index contributed by atoms with van der Waals surface area (Å²) in [6.07, 6.45) is 1.62. The van der Waals surface area contributed by atoms with Crippen molar-refractivity contribution < 1.29 is 23.3 Å². The van der Waals surface area contributed by atoms with Crippen molar-refractivity contribution in [3.63, 3.8) is 0 Å². The van der Waals surface area contributed by atoms with Crippen molar-refractivity contribution >= 4 is 11.9 Å². The number of hydrogen-bond acceptors (Lipinski definition) is 6. The van der Waals surface area contributed by atoms with Gasteiger partial charge in [0.1, 0.15) is 18.1 Å². The molecule has 2 N–H and O–H groups in total. The highest BCUT2D eigenvalue weighted by Crippen LogP contribution is 2.32. The molecule has 1 saturated heterocycles. The van der Waals surface area contributed by atoms with E-state index in [2.05, 4.69) is 16.0 Å². The number of rotatable bonds is 5. The number of carbonyl (C=O) groups excluding carboxylic acids is 2. The molecule has 0 aliphatic carbocycles. The highest BCUT2D eigenvalue weighted by Gasteiger charge is 2.33. The van der Waals surface area contributed by atoms with Crippen LogP contribution >= 0.6 is 0 Å². The molecule has 0 bridgehead atoms. The van der Waals surface area contributed by atoms with Crippen LogP contribution in [0.5, 0.6) is 5.75 Å². The molecular formula is C21H22N4O5. The van der Waals surface area contributed by atoms with Crippen molar-refractivity contribution in [2.24, 2.45) is 0 Å². The third-order valence-corrected chi connectivity index (χ3v) is 4.78. The zero-order chi connectivity index (χ0) is 20.9. The molecule has 9 heteroatoms. The first-order valence-corrected chi connectivity index (χ1v) is 9.67. The van der Waals surface area contributed by atoms with E-state index < -0.39 is 11.9 Å². The molecule has 0 radical (unpaired) electrons. The van der Waals surface area contributed by atoms with Crippen molar-refractivity contribution in [3.05, 3.63) is 71.5 Å².